The minimum Gasteiger partial charge on any atom is -0.437 e. The Morgan fingerprint density at radius 2 is 1.66 bits per heavy atom. The molecule has 0 aliphatic heterocycles. The highest BCUT2D eigenvalue weighted by Crippen LogP contribution is 2.39. The molecule has 0 saturated carbocycles. The zero-order valence-corrected chi connectivity index (χ0v) is 17.2. The van der Waals surface area contributed by atoms with Gasteiger partial charge in [0, 0.05) is 28.6 Å². The van der Waals surface area contributed by atoms with E-state index in [0.717, 1.165) is 27.6 Å². The van der Waals surface area contributed by atoms with Gasteiger partial charge in [0.1, 0.15) is 7.05 Å². The second kappa shape index (κ2) is 6.56. The van der Waals surface area contributed by atoms with E-state index in [4.69, 9.17) is 4.42 Å². The van der Waals surface area contributed by atoms with Crippen LogP contribution in [0.4, 0.5) is 0 Å². The molecule has 3 nitrogen and oxygen atoms in total. The molecule has 0 fully saturated rings. The van der Waals surface area contributed by atoms with Crippen molar-refractivity contribution in [3.05, 3.63) is 83.7 Å². The van der Waals surface area contributed by atoms with Gasteiger partial charge in [-0.1, -0.05) is 36.4 Å². The van der Waals surface area contributed by atoms with Crippen LogP contribution < -0.4 is 4.57 Å². The van der Waals surface area contributed by atoms with Crippen molar-refractivity contribution in [1.29, 1.82) is 0 Å². The van der Waals surface area contributed by atoms with E-state index < -0.39 is 0 Å². The van der Waals surface area contributed by atoms with E-state index in [-0.39, 0.29) is 0 Å². The molecule has 3 aromatic heterocycles. The van der Waals surface area contributed by atoms with Gasteiger partial charge in [-0.15, -0.1) is 0 Å². The lowest BCUT2D eigenvalue weighted by Gasteiger charge is -2.11. The van der Waals surface area contributed by atoms with Gasteiger partial charge in [0.05, 0.1) is 5.56 Å². The molecule has 0 radical (unpaired) electrons. The second-order valence-electron chi connectivity index (χ2n) is 7.78. The van der Waals surface area contributed by atoms with Crippen LogP contribution in [0.15, 0.2) is 71.4 Å². The maximum Gasteiger partial charge on any atom is 0.227 e. The summed E-state index contributed by atoms with van der Waals surface area (Å²) in [5, 5.41) is 2.22. The van der Waals surface area contributed by atoms with Crippen LogP contribution in [-0.4, -0.2) is 4.98 Å². The molecule has 0 amide bonds. The molecule has 0 aliphatic carbocycles. The molecule has 0 atom stereocenters. The molecule has 0 N–H and O–H groups in total. The van der Waals surface area contributed by atoms with Crippen molar-refractivity contribution in [2.75, 3.05) is 0 Å². The maximum absolute atomic E-state index is 6.28. The molecule has 29 heavy (non-hydrogen) atoms. The molecule has 0 spiro atoms. The van der Waals surface area contributed by atoms with Crippen molar-refractivity contribution in [2.45, 2.75) is 20.8 Å². The van der Waals surface area contributed by atoms with Crippen molar-refractivity contribution in [3.63, 3.8) is 0 Å². The smallest absolute Gasteiger partial charge is 0.227 e. The maximum atomic E-state index is 6.28. The summed E-state index contributed by atoms with van der Waals surface area (Å²) in [5.41, 5.74) is 10.0. The van der Waals surface area contributed by atoms with E-state index in [1.54, 1.807) is 6.20 Å². The summed E-state index contributed by atoms with van der Waals surface area (Å²) in [6, 6.07) is 19.1. The van der Waals surface area contributed by atoms with Crippen molar-refractivity contribution < 1.29 is 8.98 Å². The first-order valence-electron chi connectivity index (χ1n) is 9.88. The van der Waals surface area contributed by atoms with E-state index in [0.29, 0.717) is 5.71 Å². The van der Waals surface area contributed by atoms with Gasteiger partial charge in [-0.2, -0.15) is 0 Å². The highest BCUT2D eigenvalue weighted by molar-refractivity contribution is 6.10. The summed E-state index contributed by atoms with van der Waals surface area (Å²) in [6.07, 6.45) is 4.00. The van der Waals surface area contributed by atoms with E-state index in [2.05, 4.69) is 92.1 Å². The standard InChI is InChI=1S/C26H23N2O/c1-16-14-22(28(4)15-21(16)19-9-6-5-7-10-19)24-18(3)13-17(2)23-20-11-8-12-27-26(20)29-25(23)24/h5-15H,1-4H3/q+1. The zero-order valence-electron chi connectivity index (χ0n) is 17.2. The van der Waals surface area contributed by atoms with E-state index in [9.17, 15) is 0 Å². The Labute approximate surface area is 170 Å². The van der Waals surface area contributed by atoms with Gasteiger partial charge in [-0.3, -0.25) is 0 Å². The summed E-state index contributed by atoms with van der Waals surface area (Å²) >= 11 is 0. The Morgan fingerprint density at radius 1 is 0.862 bits per heavy atom. The fraction of sp³-hybridized carbons (Fsp3) is 0.154. The minimum absolute atomic E-state index is 0.692. The number of hydrogen-bond donors (Lipinski definition) is 0. The predicted octanol–water partition coefficient (Wildman–Crippen LogP) is 6.06. The number of nitrogens with zero attached hydrogens (tertiary/aromatic N) is 2. The first-order valence-corrected chi connectivity index (χ1v) is 9.88. The van der Waals surface area contributed by atoms with Crippen LogP contribution in [0.1, 0.15) is 16.7 Å². The van der Waals surface area contributed by atoms with Crippen LogP contribution >= 0.6 is 0 Å². The van der Waals surface area contributed by atoms with E-state index >= 15 is 0 Å². The average molecular weight is 379 g/mol. The van der Waals surface area contributed by atoms with Gasteiger partial charge in [-0.25, -0.2) is 9.55 Å². The third-order valence-electron chi connectivity index (χ3n) is 5.74. The van der Waals surface area contributed by atoms with Crippen LogP contribution in [0, 0.1) is 20.8 Å². The largest absolute Gasteiger partial charge is 0.437 e. The summed E-state index contributed by atoms with van der Waals surface area (Å²) in [7, 11) is 2.10. The molecular weight excluding hydrogens is 356 g/mol. The number of aryl methyl sites for hydroxylation is 4. The number of fused-ring (bicyclic) bond motifs is 3. The highest BCUT2D eigenvalue weighted by atomic mass is 16.3. The Kier molecular flexibility index (Phi) is 3.99. The molecule has 0 unspecified atom stereocenters. The lowest BCUT2D eigenvalue weighted by atomic mass is 9.95. The molecule has 5 aromatic rings. The van der Waals surface area contributed by atoms with Crippen LogP contribution in [0.2, 0.25) is 0 Å². The van der Waals surface area contributed by atoms with Gasteiger partial charge >= 0.3 is 0 Å². The van der Waals surface area contributed by atoms with Crippen molar-refractivity contribution in [3.8, 4) is 22.4 Å². The minimum atomic E-state index is 0.692. The fourth-order valence-corrected chi connectivity index (χ4v) is 4.38. The monoisotopic (exact) mass is 379 g/mol. The molecule has 0 saturated heterocycles. The van der Waals surface area contributed by atoms with Crippen LogP contribution in [0.3, 0.4) is 0 Å². The molecule has 0 aliphatic rings. The van der Waals surface area contributed by atoms with Gasteiger partial charge < -0.3 is 4.42 Å². The highest BCUT2D eigenvalue weighted by Gasteiger charge is 2.23. The number of rotatable bonds is 2. The first-order chi connectivity index (χ1) is 14.0. The van der Waals surface area contributed by atoms with Crippen molar-refractivity contribution >= 4 is 22.1 Å². The Balaban J connectivity index is 1.81. The fourth-order valence-electron chi connectivity index (χ4n) is 4.38. The molecule has 142 valence electrons. The van der Waals surface area contributed by atoms with Gasteiger partial charge in [0.15, 0.2) is 11.8 Å². The zero-order chi connectivity index (χ0) is 20.1. The summed E-state index contributed by atoms with van der Waals surface area (Å²) in [4.78, 5) is 4.44. The predicted molar refractivity (Wildman–Crippen MR) is 118 cm³/mol. The third kappa shape index (κ3) is 2.73. The quantitative estimate of drug-likeness (QED) is 0.349. The second-order valence-corrected chi connectivity index (χ2v) is 7.78. The van der Waals surface area contributed by atoms with Gasteiger partial charge in [0.2, 0.25) is 11.4 Å². The van der Waals surface area contributed by atoms with Crippen LogP contribution in [0.25, 0.3) is 44.5 Å². The Hall–Kier alpha value is -3.46. The lowest BCUT2D eigenvalue weighted by Crippen LogP contribution is -2.31. The molecular formula is C26H23N2O+. The van der Waals surface area contributed by atoms with Crippen molar-refractivity contribution in [2.24, 2.45) is 7.05 Å². The summed E-state index contributed by atoms with van der Waals surface area (Å²) in [5.74, 6) is 0. The molecule has 0 bridgehead atoms. The summed E-state index contributed by atoms with van der Waals surface area (Å²) < 4.78 is 8.49. The van der Waals surface area contributed by atoms with Crippen LogP contribution in [-0.2, 0) is 7.05 Å². The average Bonchev–Trinajstić information content (AvgIpc) is 3.10. The third-order valence-corrected chi connectivity index (χ3v) is 5.74. The SMILES string of the molecule is Cc1cc(-c2c(C)cc(C)c3c2oc2ncccc23)[n+](C)cc1-c1ccccc1. The van der Waals surface area contributed by atoms with Crippen molar-refractivity contribution in [1.82, 2.24) is 4.98 Å². The first kappa shape index (κ1) is 17.6. The van der Waals surface area contributed by atoms with Gasteiger partial charge in [-0.05, 0) is 55.2 Å². The van der Waals surface area contributed by atoms with E-state index in [1.165, 1.54) is 27.8 Å². The number of hydrogen-bond acceptors (Lipinski definition) is 2. The molecule has 3 heterocycles. The normalized spacial score (nSPS) is 11.4. The number of furan rings is 1. The summed E-state index contributed by atoms with van der Waals surface area (Å²) in [6.45, 7) is 6.47. The molecule has 3 heteroatoms. The number of benzene rings is 2. The van der Waals surface area contributed by atoms with E-state index in [1.807, 2.05) is 6.07 Å². The number of aromatic nitrogens is 2. The topological polar surface area (TPSA) is 29.9 Å². The molecule has 2 aromatic carbocycles. The Morgan fingerprint density at radius 3 is 2.45 bits per heavy atom. The lowest BCUT2D eigenvalue weighted by molar-refractivity contribution is -0.659. The van der Waals surface area contributed by atoms with Crippen LogP contribution in [0.5, 0.6) is 0 Å². The van der Waals surface area contributed by atoms with Gasteiger partial charge in [0.25, 0.3) is 0 Å². The molecule has 5 rings (SSSR count). The number of pyridine rings is 2. The Bertz CT molecular complexity index is 1380.